The number of pyridine rings is 1. The lowest BCUT2D eigenvalue weighted by molar-refractivity contribution is 0.102. The average Bonchev–Trinajstić information content (AvgIpc) is 2.46. The van der Waals surface area contributed by atoms with Gasteiger partial charge in [-0.15, -0.1) is 0 Å². The molecule has 19 heavy (non-hydrogen) atoms. The Balaban J connectivity index is 2.08. The molecule has 1 heterocycles. The number of hydrogen-bond donors (Lipinski definition) is 2. The van der Waals surface area contributed by atoms with Crippen LogP contribution in [-0.4, -0.2) is 22.6 Å². The Morgan fingerprint density at radius 1 is 1.21 bits per heavy atom. The Morgan fingerprint density at radius 3 is 2.63 bits per heavy atom. The number of aliphatic hydroxyl groups is 1. The van der Waals surface area contributed by atoms with Crippen molar-refractivity contribution in [3.8, 4) is 11.8 Å². The molecule has 0 saturated heterocycles. The van der Waals surface area contributed by atoms with Crippen LogP contribution in [0.1, 0.15) is 15.9 Å². The SMILES string of the molecule is O=C(Nc1ccccn1)c1ccc(C#CCO)cc1. The first-order valence-corrected chi connectivity index (χ1v) is 5.72. The molecule has 0 unspecified atom stereocenters. The first-order valence-electron chi connectivity index (χ1n) is 5.72. The van der Waals surface area contributed by atoms with Crippen molar-refractivity contribution in [1.82, 2.24) is 4.98 Å². The van der Waals surface area contributed by atoms with Crippen molar-refractivity contribution in [3.63, 3.8) is 0 Å². The van der Waals surface area contributed by atoms with Gasteiger partial charge in [-0.2, -0.15) is 0 Å². The van der Waals surface area contributed by atoms with E-state index in [1.54, 1.807) is 48.7 Å². The summed E-state index contributed by atoms with van der Waals surface area (Å²) in [5.74, 6) is 5.60. The van der Waals surface area contributed by atoms with E-state index in [4.69, 9.17) is 5.11 Å². The quantitative estimate of drug-likeness (QED) is 0.799. The van der Waals surface area contributed by atoms with Gasteiger partial charge in [0.2, 0.25) is 0 Å². The fraction of sp³-hybridized carbons (Fsp3) is 0.0667. The van der Waals surface area contributed by atoms with Gasteiger partial charge in [-0.05, 0) is 36.4 Å². The fourth-order valence-electron chi connectivity index (χ4n) is 1.47. The maximum Gasteiger partial charge on any atom is 0.256 e. The molecule has 1 aromatic heterocycles. The third-order valence-electron chi connectivity index (χ3n) is 2.37. The van der Waals surface area contributed by atoms with Crippen molar-refractivity contribution >= 4 is 11.7 Å². The number of aliphatic hydroxyl groups excluding tert-OH is 1. The topological polar surface area (TPSA) is 62.2 Å². The number of benzene rings is 1. The van der Waals surface area contributed by atoms with E-state index in [-0.39, 0.29) is 12.5 Å². The Hall–Kier alpha value is -2.64. The maximum absolute atomic E-state index is 11.9. The van der Waals surface area contributed by atoms with E-state index < -0.39 is 0 Å². The van der Waals surface area contributed by atoms with E-state index in [2.05, 4.69) is 22.1 Å². The molecule has 0 bridgehead atoms. The second-order valence-electron chi connectivity index (χ2n) is 3.71. The first-order chi connectivity index (χ1) is 9.29. The third-order valence-corrected chi connectivity index (χ3v) is 2.37. The molecule has 0 radical (unpaired) electrons. The highest BCUT2D eigenvalue weighted by Crippen LogP contribution is 2.07. The van der Waals surface area contributed by atoms with Crippen LogP contribution in [-0.2, 0) is 0 Å². The van der Waals surface area contributed by atoms with Crippen LogP contribution in [0, 0.1) is 11.8 Å². The highest BCUT2D eigenvalue weighted by atomic mass is 16.2. The van der Waals surface area contributed by atoms with Gasteiger partial charge in [-0.1, -0.05) is 17.9 Å². The molecule has 2 aromatic rings. The number of hydrogen-bond acceptors (Lipinski definition) is 3. The molecule has 0 aliphatic carbocycles. The lowest BCUT2D eigenvalue weighted by atomic mass is 10.1. The Labute approximate surface area is 111 Å². The van der Waals surface area contributed by atoms with Crippen LogP contribution in [0.25, 0.3) is 0 Å². The molecule has 1 amide bonds. The summed E-state index contributed by atoms with van der Waals surface area (Å²) in [6, 6.07) is 12.1. The van der Waals surface area contributed by atoms with E-state index in [1.165, 1.54) is 0 Å². The fourth-order valence-corrected chi connectivity index (χ4v) is 1.47. The predicted octanol–water partition coefficient (Wildman–Crippen LogP) is 1.68. The standard InChI is InChI=1S/C15H12N2O2/c18-11-3-4-12-6-8-13(9-7-12)15(19)17-14-5-1-2-10-16-14/h1-2,5-10,18H,11H2,(H,16,17,19). The third kappa shape index (κ3) is 3.66. The van der Waals surface area contributed by atoms with Crippen LogP contribution in [0.5, 0.6) is 0 Å². The summed E-state index contributed by atoms with van der Waals surface area (Å²) in [6.07, 6.45) is 1.61. The zero-order valence-corrected chi connectivity index (χ0v) is 10.1. The van der Waals surface area contributed by atoms with Crippen molar-refractivity contribution in [2.75, 3.05) is 11.9 Å². The van der Waals surface area contributed by atoms with Crippen LogP contribution >= 0.6 is 0 Å². The highest BCUT2D eigenvalue weighted by molar-refractivity contribution is 6.03. The minimum Gasteiger partial charge on any atom is -0.384 e. The first kappa shape index (κ1) is 12.8. The zero-order valence-electron chi connectivity index (χ0n) is 10.1. The lowest BCUT2D eigenvalue weighted by Gasteiger charge is -2.03. The maximum atomic E-state index is 11.9. The smallest absolute Gasteiger partial charge is 0.256 e. The molecule has 94 valence electrons. The summed E-state index contributed by atoms with van der Waals surface area (Å²) in [5, 5.41) is 11.3. The number of carbonyl (C=O) groups excluding carboxylic acids is 1. The monoisotopic (exact) mass is 252 g/mol. The molecule has 2 N–H and O–H groups in total. The normalized spacial score (nSPS) is 9.32. The lowest BCUT2D eigenvalue weighted by Crippen LogP contribution is -2.12. The number of nitrogens with zero attached hydrogens (tertiary/aromatic N) is 1. The highest BCUT2D eigenvalue weighted by Gasteiger charge is 2.05. The van der Waals surface area contributed by atoms with Gasteiger partial charge >= 0.3 is 0 Å². The van der Waals surface area contributed by atoms with E-state index in [9.17, 15) is 4.79 Å². The number of anilines is 1. The number of aromatic nitrogens is 1. The second-order valence-corrected chi connectivity index (χ2v) is 3.71. The van der Waals surface area contributed by atoms with Crippen LogP contribution in [0.4, 0.5) is 5.82 Å². The van der Waals surface area contributed by atoms with Crippen molar-refractivity contribution < 1.29 is 9.90 Å². The van der Waals surface area contributed by atoms with E-state index in [0.29, 0.717) is 11.4 Å². The summed E-state index contributed by atoms with van der Waals surface area (Å²) in [6.45, 7) is -0.179. The van der Waals surface area contributed by atoms with Crippen molar-refractivity contribution in [3.05, 3.63) is 59.8 Å². The molecule has 0 atom stereocenters. The summed E-state index contributed by atoms with van der Waals surface area (Å²) < 4.78 is 0. The largest absolute Gasteiger partial charge is 0.384 e. The van der Waals surface area contributed by atoms with E-state index in [0.717, 1.165) is 5.56 Å². The Kier molecular flexibility index (Phi) is 4.27. The summed E-state index contributed by atoms with van der Waals surface area (Å²) in [5.41, 5.74) is 1.28. The van der Waals surface area contributed by atoms with Gasteiger partial charge < -0.3 is 10.4 Å². The Bertz CT molecular complexity index is 610. The molecular formula is C15H12N2O2. The van der Waals surface area contributed by atoms with Gasteiger partial charge in [0.1, 0.15) is 12.4 Å². The molecule has 1 aromatic carbocycles. The van der Waals surface area contributed by atoms with Crippen LogP contribution in [0.2, 0.25) is 0 Å². The van der Waals surface area contributed by atoms with E-state index >= 15 is 0 Å². The summed E-state index contributed by atoms with van der Waals surface area (Å²) >= 11 is 0. The van der Waals surface area contributed by atoms with Crippen LogP contribution in [0.15, 0.2) is 48.7 Å². The molecule has 0 aliphatic heterocycles. The zero-order chi connectivity index (χ0) is 13.5. The van der Waals surface area contributed by atoms with Crippen LogP contribution in [0.3, 0.4) is 0 Å². The number of rotatable bonds is 2. The molecule has 2 rings (SSSR count). The van der Waals surface area contributed by atoms with E-state index in [1.807, 2.05) is 0 Å². The Morgan fingerprint density at radius 2 is 2.00 bits per heavy atom. The number of nitrogens with one attached hydrogen (secondary N) is 1. The van der Waals surface area contributed by atoms with Gasteiger partial charge in [0.25, 0.3) is 5.91 Å². The van der Waals surface area contributed by atoms with Crippen molar-refractivity contribution in [2.45, 2.75) is 0 Å². The van der Waals surface area contributed by atoms with Gasteiger partial charge in [-0.3, -0.25) is 4.79 Å². The van der Waals surface area contributed by atoms with Gasteiger partial charge in [0.15, 0.2) is 0 Å². The molecular weight excluding hydrogens is 240 g/mol. The molecule has 0 fully saturated rings. The number of carbonyl (C=O) groups is 1. The second kappa shape index (κ2) is 6.34. The summed E-state index contributed by atoms with van der Waals surface area (Å²) in [4.78, 5) is 15.9. The van der Waals surface area contributed by atoms with Gasteiger partial charge in [0, 0.05) is 17.3 Å². The molecule has 4 nitrogen and oxygen atoms in total. The van der Waals surface area contributed by atoms with Crippen molar-refractivity contribution in [2.24, 2.45) is 0 Å². The van der Waals surface area contributed by atoms with Gasteiger partial charge in [0.05, 0.1) is 0 Å². The van der Waals surface area contributed by atoms with Gasteiger partial charge in [-0.25, -0.2) is 4.98 Å². The minimum atomic E-state index is -0.222. The average molecular weight is 252 g/mol. The van der Waals surface area contributed by atoms with Crippen molar-refractivity contribution in [1.29, 1.82) is 0 Å². The summed E-state index contributed by atoms with van der Waals surface area (Å²) in [7, 11) is 0. The molecule has 0 saturated carbocycles. The predicted molar refractivity (Wildman–Crippen MR) is 72.6 cm³/mol. The molecule has 0 spiro atoms. The van der Waals surface area contributed by atoms with Crippen LogP contribution < -0.4 is 5.32 Å². The number of amides is 1. The molecule has 0 aliphatic rings. The minimum absolute atomic E-state index is 0.179. The molecule has 4 heteroatoms.